The van der Waals surface area contributed by atoms with E-state index in [2.05, 4.69) is 27.5 Å². The summed E-state index contributed by atoms with van der Waals surface area (Å²) in [6, 6.07) is 0. The van der Waals surface area contributed by atoms with Crippen LogP contribution in [0.3, 0.4) is 0 Å². The van der Waals surface area contributed by atoms with Gasteiger partial charge in [-0.05, 0) is 19.4 Å². The lowest BCUT2D eigenvalue weighted by atomic mass is 9.96. The zero-order chi connectivity index (χ0) is 12.3. The molecule has 4 nitrogen and oxygen atoms in total. The molecule has 0 bridgehead atoms. The highest BCUT2D eigenvalue weighted by atomic mass is 32.1. The van der Waals surface area contributed by atoms with Gasteiger partial charge in [0.15, 0.2) is 5.13 Å². The van der Waals surface area contributed by atoms with Crippen LogP contribution in [-0.4, -0.2) is 38.3 Å². The first-order chi connectivity index (χ1) is 8.24. The zero-order valence-electron chi connectivity index (χ0n) is 10.8. The predicted molar refractivity (Wildman–Crippen MR) is 71.7 cm³/mol. The molecule has 2 atom stereocenters. The molecule has 1 fully saturated rings. The van der Waals surface area contributed by atoms with Crippen molar-refractivity contribution >= 4 is 16.5 Å². The van der Waals surface area contributed by atoms with E-state index in [0.29, 0.717) is 12.0 Å². The molecule has 1 aromatic heterocycles. The second-order valence-electron chi connectivity index (χ2n) is 4.64. The molecular weight excluding hydrogens is 234 g/mol. The fourth-order valence-electron chi connectivity index (χ4n) is 2.22. The number of anilines is 1. The topological polar surface area (TPSA) is 37.4 Å². The van der Waals surface area contributed by atoms with E-state index in [0.717, 1.165) is 30.5 Å². The molecule has 0 aliphatic carbocycles. The standard InChI is InChI=1S/C12H21N3OS/c1-9-4-5-15(7-11(9)16-3)12-14-10(6-13-2)8-17-12/h8-9,11,13H,4-7H2,1-3H3. The van der Waals surface area contributed by atoms with Crippen molar-refractivity contribution in [3.8, 4) is 0 Å². The van der Waals surface area contributed by atoms with Crippen molar-refractivity contribution in [1.82, 2.24) is 10.3 Å². The number of methoxy groups -OCH3 is 1. The minimum Gasteiger partial charge on any atom is -0.379 e. The van der Waals surface area contributed by atoms with E-state index in [1.807, 2.05) is 7.05 Å². The molecule has 1 aliphatic rings. The smallest absolute Gasteiger partial charge is 0.185 e. The molecule has 1 N–H and O–H groups in total. The fourth-order valence-corrected chi connectivity index (χ4v) is 3.08. The number of hydrogen-bond donors (Lipinski definition) is 1. The molecule has 2 heterocycles. The summed E-state index contributed by atoms with van der Waals surface area (Å²) < 4.78 is 5.53. The molecule has 1 saturated heterocycles. The fraction of sp³-hybridized carbons (Fsp3) is 0.750. The van der Waals surface area contributed by atoms with Gasteiger partial charge in [0.2, 0.25) is 0 Å². The Labute approximate surface area is 107 Å². The maximum atomic E-state index is 5.53. The molecule has 0 amide bonds. The van der Waals surface area contributed by atoms with E-state index < -0.39 is 0 Å². The van der Waals surface area contributed by atoms with Gasteiger partial charge >= 0.3 is 0 Å². The SMILES string of the molecule is CNCc1csc(N2CCC(C)C(OC)C2)n1. The van der Waals surface area contributed by atoms with E-state index in [1.54, 1.807) is 18.4 Å². The summed E-state index contributed by atoms with van der Waals surface area (Å²) in [5.74, 6) is 0.646. The van der Waals surface area contributed by atoms with Gasteiger partial charge in [0.05, 0.1) is 11.8 Å². The average molecular weight is 255 g/mol. The van der Waals surface area contributed by atoms with E-state index in [4.69, 9.17) is 4.74 Å². The molecule has 1 aromatic rings. The maximum absolute atomic E-state index is 5.53. The number of hydrogen-bond acceptors (Lipinski definition) is 5. The summed E-state index contributed by atoms with van der Waals surface area (Å²) in [7, 11) is 3.75. The van der Waals surface area contributed by atoms with Crippen LogP contribution in [0.4, 0.5) is 5.13 Å². The Morgan fingerprint density at radius 3 is 3.18 bits per heavy atom. The number of ether oxygens (including phenoxy) is 1. The summed E-state index contributed by atoms with van der Waals surface area (Å²) in [4.78, 5) is 6.99. The lowest BCUT2D eigenvalue weighted by molar-refractivity contribution is 0.0498. The molecule has 2 unspecified atom stereocenters. The van der Waals surface area contributed by atoms with Gasteiger partial charge < -0.3 is 15.0 Å². The maximum Gasteiger partial charge on any atom is 0.185 e. The van der Waals surface area contributed by atoms with Crippen molar-refractivity contribution in [3.05, 3.63) is 11.1 Å². The van der Waals surface area contributed by atoms with Crippen molar-refractivity contribution < 1.29 is 4.74 Å². The van der Waals surface area contributed by atoms with Crippen molar-refractivity contribution in [3.63, 3.8) is 0 Å². The summed E-state index contributed by atoms with van der Waals surface area (Å²) in [5, 5.41) is 6.39. The third kappa shape index (κ3) is 2.97. The predicted octanol–water partition coefficient (Wildman–Crippen LogP) is 1.72. The van der Waals surface area contributed by atoms with Crippen LogP contribution in [0.2, 0.25) is 0 Å². The Morgan fingerprint density at radius 2 is 2.47 bits per heavy atom. The second-order valence-corrected chi connectivity index (χ2v) is 5.47. The van der Waals surface area contributed by atoms with Crippen LogP contribution in [0.1, 0.15) is 19.0 Å². The average Bonchev–Trinajstić information content (AvgIpc) is 2.79. The number of nitrogens with one attached hydrogen (secondary N) is 1. The third-order valence-electron chi connectivity index (χ3n) is 3.36. The van der Waals surface area contributed by atoms with Crippen molar-refractivity contribution in [2.45, 2.75) is 26.0 Å². The molecule has 0 aromatic carbocycles. The summed E-state index contributed by atoms with van der Waals surface area (Å²) >= 11 is 1.73. The van der Waals surface area contributed by atoms with Crippen LogP contribution >= 0.6 is 11.3 Å². The Hall–Kier alpha value is -0.650. The van der Waals surface area contributed by atoms with Gasteiger partial charge in [-0.3, -0.25) is 0 Å². The Kier molecular flexibility index (Phi) is 4.36. The van der Waals surface area contributed by atoms with E-state index in [9.17, 15) is 0 Å². The van der Waals surface area contributed by atoms with Crippen molar-refractivity contribution in [2.75, 3.05) is 32.1 Å². The number of nitrogens with zero attached hydrogens (tertiary/aromatic N) is 2. The molecule has 0 radical (unpaired) electrons. The number of piperidine rings is 1. The lowest BCUT2D eigenvalue weighted by Gasteiger charge is -2.36. The largest absolute Gasteiger partial charge is 0.379 e. The van der Waals surface area contributed by atoms with Gasteiger partial charge in [0.25, 0.3) is 0 Å². The van der Waals surface area contributed by atoms with Crippen LogP contribution in [0.15, 0.2) is 5.38 Å². The molecule has 0 saturated carbocycles. The highest BCUT2D eigenvalue weighted by molar-refractivity contribution is 7.13. The molecule has 2 rings (SSSR count). The first-order valence-corrected chi connectivity index (χ1v) is 6.99. The van der Waals surface area contributed by atoms with E-state index >= 15 is 0 Å². The quantitative estimate of drug-likeness (QED) is 0.889. The van der Waals surface area contributed by atoms with Gasteiger partial charge in [0, 0.05) is 32.1 Å². The molecule has 96 valence electrons. The molecule has 5 heteroatoms. The summed E-state index contributed by atoms with van der Waals surface area (Å²) in [5.41, 5.74) is 1.13. The van der Waals surface area contributed by atoms with Crippen molar-refractivity contribution in [1.29, 1.82) is 0 Å². The van der Waals surface area contributed by atoms with E-state index in [-0.39, 0.29) is 0 Å². The van der Waals surface area contributed by atoms with Crippen molar-refractivity contribution in [2.24, 2.45) is 5.92 Å². The second kappa shape index (κ2) is 5.80. The third-order valence-corrected chi connectivity index (χ3v) is 4.31. The molecule has 17 heavy (non-hydrogen) atoms. The van der Waals surface area contributed by atoms with Gasteiger partial charge in [-0.2, -0.15) is 0 Å². The van der Waals surface area contributed by atoms with Crippen LogP contribution in [0, 0.1) is 5.92 Å². The van der Waals surface area contributed by atoms with E-state index in [1.165, 1.54) is 6.42 Å². The monoisotopic (exact) mass is 255 g/mol. The first-order valence-electron chi connectivity index (χ1n) is 6.11. The molecular formula is C12H21N3OS. The minimum absolute atomic E-state index is 0.334. The van der Waals surface area contributed by atoms with Crippen LogP contribution in [-0.2, 0) is 11.3 Å². The van der Waals surface area contributed by atoms with Gasteiger partial charge in [-0.1, -0.05) is 6.92 Å². The minimum atomic E-state index is 0.334. The molecule has 0 spiro atoms. The van der Waals surface area contributed by atoms with Crippen LogP contribution < -0.4 is 10.2 Å². The van der Waals surface area contributed by atoms with Gasteiger partial charge in [0.1, 0.15) is 0 Å². The molecule has 1 aliphatic heterocycles. The summed E-state index contributed by atoms with van der Waals surface area (Å²) in [6.07, 6.45) is 1.51. The first kappa shape index (κ1) is 12.8. The lowest BCUT2D eigenvalue weighted by Crippen LogP contribution is -2.43. The van der Waals surface area contributed by atoms with Gasteiger partial charge in [-0.25, -0.2) is 4.98 Å². The van der Waals surface area contributed by atoms with Crippen LogP contribution in [0.5, 0.6) is 0 Å². The number of thiazole rings is 1. The van der Waals surface area contributed by atoms with Crippen LogP contribution in [0.25, 0.3) is 0 Å². The summed E-state index contributed by atoms with van der Waals surface area (Å²) in [6.45, 7) is 5.16. The normalized spacial score (nSPS) is 25.2. The Morgan fingerprint density at radius 1 is 1.65 bits per heavy atom. The zero-order valence-corrected chi connectivity index (χ0v) is 11.6. The highest BCUT2D eigenvalue weighted by Gasteiger charge is 2.27. The van der Waals surface area contributed by atoms with Gasteiger partial charge in [-0.15, -0.1) is 11.3 Å². The highest BCUT2D eigenvalue weighted by Crippen LogP contribution is 2.27. The Balaban J connectivity index is 2.01. The number of rotatable bonds is 4. The number of aromatic nitrogens is 1. The Bertz CT molecular complexity index is 355.